The molecule has 0 saturated heterocycles. The Morgan fingerprint density at radius 2 is 1.81 bits per heavy atom. The van der Waals surface area contributed by atoms with Crippen molar-refractivity contribution in [1.29, 1.82) is 0 Å². The Hall–Kier alpha value is -4.48. The molecular weight excluding hydrogens is 649 g/mol. The highest BCUT2D eigenvalue weighted by Crippen LogP contribution is 2.35. The number of halogens is 5. The normalized spacial score (nSPS) is 11.7. The molecule has 0 atom stereocenters. The Balaban J connectivity index is 1.45. The molecule has 218 valence electrons. The molecule has 12 heteroatoms. The van der Waals surface area contributed by atoms with Gasteiger partial charge in [0.05, 0.1) is 32.2 Å². The second-order valence-electron chi connectivity index (χ2n) is 9.36. The Morgan fingerprint density at radius 3 is 2.56 bits per heavy atom. The summed E-state index contributed by atoms with van der Waals surface area (Å²) in [5.41, 5.74) is 0.905. The molecule has 7 nitrogen and oxygen atoms in total. The molecule has 0 bridgehead atoms. The zero-order valence-corrected chi connectivity index (χ0v) is 24.7. The van der Waals surface area contributed by atoms with E-state index in [1.165, 1.54) is 24.4 Å². The van der Waals surface area contributed by atoms with E-state index in [9.17, 15) is 22.8 Å². The van der Waals surface area contributed by atoms with E-state index >= 15 is 0 Å². The maximum absolute atomic E-state index is 13.4. The highest BCUT2D eigenvalue weighted by atomic mass is 79.9. The molecule has 1 amide bonds. The second-order valence-corrected chi connectivity index (χ2v) is 10.6. The quantitative estimate of drug-likeness (QED) is 0.180. The van der Waals surface area contributed by atoms with Gasteiger partial charge in [-0.15, -0.1) is 0 Å². The van der Waals surface area contributed by atoms with E-state index in [1.54, 1.807) is 36.4 Å². The number of fused-ring (bicyclic) bond motifs is 1. The van der Waals surface area contributed by atoms with Crippen LogP contribution in [0.4, 0.5) is 18.9 Å². The molecule has 1 N–H and O–H groups in total. The summed E-state index contributed by atoms with van der Waals surface area (Å²) in [7, 11) is 0. The van der Waals surface area contributed by atoms with Crippen LogP contribution in [0.25, 0.3) is 22.3 Å². The lowest BCUT2D eigenvalue weighted by atomic mass is 10.1. The van der Waals surface area contributed by atoms with Crippen LogP contribution in [0.15, 0.2) is 99.3 Å². The molecule has 43 heavy (non-hydrogen) atoms. The van der Waals surface area contributed by atoms with E-state index in [1.807, 2.05) is 25.1 Å². The summed E-state index contributed by atoms with van der Waals surface area (Å²) in [6.45, 7) is 1.56. The number of nitrogens with one attached hydrogen (secondary N) is 1. The third kappa shape index (κ3) is 6.79. The molecule has 0 saturated carbocycles. The van der Waals surface area contributed by atoms with Crippen LogP contribution in [0.3, 0.4) is 0 Å². The Bertz CT molecular complexity index is 1920. The number of nitrogens with zero attached hydrogens (tertiary/aromatic N) is 3. The van der Waals surface area contributed by atoms with Gasteiger partial charge in [-0.1, -0.05) is 54.1 Å². The van der Waals surface area contributed by atoms with Crippen LogP contribution >= 0.6 is 27.5 Å². The van der Waals surface area contributed by atoms with Crippen LogP contribution in [0.2, 0.25) is 5.02 Å². The SMILES string of the molecule is Cc1ccccc1NC(=O)COc1c(Cl)cc(C=Nn2c(-c3cccc(C(F)(F)F)c3)nc3ccccc3c2=O)cc1Br. The van der Waals surface area contributed by atoms with Crippen molar-refractivity contribution in [2.24, 2.45) is 5.10 Å². The largest absolute Gasteiger partial charge is 0.481 e. The fourth-order valence-corrected chi connectivity index (χ4v) is 5.19. The van der Waals surface area contributed by atoms with Gasteiger partial charge in [-0.25, -0.2) is 4.98 Å². The fraction of sp³-hybridized carbons (Fsp3) is 0.0968. The van der Waals surface area contributed by atoms with E-state index in [0.29, 0.717) is 21.2 Å². The lowest BCUT2D eigenvalue weighted by Gasteiger charge is -2.13. The molecule has 1 aromatic heterocycles. The van der Waals surface area contributed by atoms with Gasteiger partial charge in [-0.05, 0) is 76.4 Å². The van der Waals surface area contributed by atoms with E-state index < -0.39 is 17.3 Å². The number of alkyl halides is 3. The number of carbonyl (C=O) groups is 1. The van der Waals surface area contributed by atoms with Gasteiger partial charge < -0.3 is 10.1 Å². The molecule has 5 aromatic rings. The van der Waals surface area contributed by atoms with Gasteiger partial charge in [0.1, 0.15) is 0 Å². The zero-order valence-electron chi connectivity index (χ0n) is 22.3. The van der Waals surface area contributed by atoms with Gasteiger partial charge in [-0.2, -0.15) is 22.9 Å². The molecule has 4 aromatic carbocycles. The number of benzene rings is 4. The fourth-order valence-electron chi connectivity index (χ4n) is 4.21. The highest BCUT2D eigenvalue weighted by Gasteiger charge is 2.31. The number of para-hydroxylation sites is 2. The predicted octanol–water partition coefficient (Wildman–Crippen LogP) is 7.71. The number of rotatable bonds is 7. The van der Waals surface area contributed by atoms with Gasteiger partial charge in [0.2, 0.25) is 0 Å². The minimum Gasteiger partial charge on any atom is -0.481 e. The minimum atomic E-state index is -4.59. The lowest BCUT2D eigenvalue weighted by Crippen LogP contribution is -2.21. The van der Waals surface area contributed by atoms with Crippen molar-refractivity contribution in [3.05, 3.63) is 121 Å². The Kier molecular flexibility index (Phi) is 8.65. The van der Waals surface area contributed by atoms with Gasteiger partial charge in [0.25, 0.3) is 11.5 Å². The molecule has 1 heterocycles. The third-order valence-electron chi connectivity index (χ3n) is 6.31. The summed E-state index contributed by atoms with van der Waals surface area (Å²) >= 11 is 9.83. The first kappa shape index (κ1) is 30.0. The van der Waals surface area contributed by atoms with Crippen molar-refractivity contribution in [3.8, 4) is 17.1 Å². The maximum atomic E-state index is 13.4. The maximum Gasteiger partial charge on any atom is 0.416 e. The van der Waals surface area contributed by atoms with E-state index in [2.05, 4.69) is 31.3 Å². The number of amides is 1. The van der Waals surface area contributed by atoms with Crippen molar-refractivity contribution in [1.82, 2.24) is 9.66 Å². The van der Waals surface area contributed by atoms with Crippen molar-refractivity contribution in [2.45, 2.75) is 13.1 Å². The van der Waals surface area contributed by atoms with Gasteiger partial charge >= 0.3 is 6.18 Å². The summed E-state index contributed by atoms with van der Waals surface area (Å²) < 4.78 is 47.3. The van der Waals surface area contributed by atoms with Gasteiger partial charge in [-0.3, -0.25) is 9.59 Å². The van der Waals surface area contributed by atoms with Crippen LogP contribution in [-0.4, -0.2) is 28.4 Å². The molecule has 0 spiro atoms. The first-order valence-corrected chi connectivity index (χ1v) is 13.9. The average Bonchev–Trinajstić information content (AvgIpc) is 2.97. The monoisotopic (exact) mass is 668 g/mol. The first-order valence-electron chi connectivity index (χ1n) is 12.7. The molecule has 0 fully saturated rings. The number of anilines is 1. The van der Waals surface area contributed by atoms with Crippen LogP contribution in [-0.2, 0) is 11.0 Å². The lowest BCUT2D eigenvalue weighted by molar-refractivity contribution is -0.137. The molecule has 0 aliphatic carbocycles. The smallest absolute Gasteiger partial charge is 0.416 e. The van der Waals surface area contributed by atoms with Crippen LogP contribution < -0.4 is 15.6 Å². The van der Waals surface area contributed by atoms with E-state index in [0.717, 1.165) is 22.4 Å². The van der Waals surface area contributed by atoms with E-state index in [-0.39, 0.29) is 40.1 Å². The van der Waals surface area contributed by atoms with Crippen LogP contribution in [0.5, 0.6) is 5.75 Å². The molecular formula is C31H21BrClF3N4O3. The topological polar surface area (TPSA) is 85.6 Å². The highest BCUT2D eigenvalue weighted by molar-refractivity contribution is 9.10. The number of carbonyl (C=O) groups excluding carboxylic acids is 1. The van der Waals surface area contributed by atoms with Gasteiger partial charge in [0, 0.05) is 11.3 Å². The number of aryl methyl sites for hydroxylation is 1. The minimum absolute atomic E-state index is 0.0572. The first-order chi connectivity index (χ1) is 20.5. The third-order valence-corrected chi connectivity index (χ3v) is 7.18. The zero-order chi connectivity index (χ0) is 30.7. The summed E-state index contributed by atoms with van der Waals surface area (Å²) in [6.07, 6.45) is -3.27. The summed E-state index contributed by atoms with van der Waals surface area (Å²) in [4.78, 5) is 30.3. The number of aromatic nitrogens is 2. The van der Waals surface area contributed by atoms with Crippen LogP contribution in [0.1, 0.15) is 16.7 Å². The number of hydrogen-bond donors (Lipinski definition) is 1. The van der Waals surface area contributed by atoms with Crippen molar-refractivity contribution in [3.63, 3.8) is 0 Å². The average molecular weight is 670 g/mol. The molecule has 0 unspecified atom stereocenters. The Morgan fingerprint density at radius 1 is 1.07 bits per heavy atom. The van der Waals surface area contributed by atoms with Gasteiger partial charge in [0.15, 0.2) is 18.2 Å². The Labute approximate surface area is 256 Å². The van der Waals surface area contributed by atoms with E-state index in [4.69, 9.17) is 16.3 Å². The molecule has 0 aliphatic rings. The van der Waals surface area contributed by atoms with Crippen LogP contribution in [0, 0.1) is 6.92 Å². The second kappa shape index (κ2) is 12.4. The van der Waals surface area contributed by atoms with Crippen molar-refractivity contribution >= 4 is 56.2 Å². The molecule has 5 rings (SSSR count). The molecule has 0 radical (unpaired) electrons. The summed E-state index contributed by atoms with van der Waals surface area (Å²) in [5.74, 6) is -0.239. The standard InChI is InChI=1S/C31H21BrClF3N4O3/c1-18-7-2-4-11-25(18)38-27(41)17-43-28-23(32)13-19(14-24(28)33)16-37-40-29(20-8-6-9-21(15-20)31(34,35)36)39-26-12-5-3-10-22(26)30(40)42/h2-16H,17H2,1H3,(H,38,41). The number of hydrogen-bond acceptors (Lipinski definition) is 5. The predicted molar refractivity (Wildman–Crippen MR) is 164 cm³/mol. The summed E-state index contributed by atoms with van der Waals surface area (Å²) in [6, 6.07) is 21.4. The van der Waals surface area contributed by atoms with Crippen molar-refractivity contribution in [2.75, 3.05) is 11.9 Å². The number of ether oxygens (including phenoxy) is 1. The van der Waals surface area contributed by atoms with Crippen molar-refractivity contribution < 1.29 is 22.7 Å². The molecule has 0 aliphatic heterocycles. The summed E-state index contributed by atoms with van der Waals surface area (Å²) in [5, 5.41) is 7.45.